The molecule has 0 aromatic heterocycles. The second-order valence-electron chi connectivity index (χ2n) is 21.4. The van der Waals surface area contributed by atoms with Crippen LogP contribution in [0.1, 0.15) is 335 Å². The van der Waals surface area contributed by atoms with E-state index in [4.69, 9.17) is 4.74 Å². The van der Waals surface area contributed by atoms with Crippen molar-refractivity contribution in [2.24, 2.45) is 0 Å². The van der Waals surface area contributed by atoms with E-state index in [1.54, 1.807) is 0 Å². The summed E-state index contributed by atoms with van der Waals surface area (Å²) in [5.41, 5.74) is 0. The maximum absolute atomic E-state index is 12.5. The minimum Gasteiger partial charge on any atom is -0.466 e. The summed E-state index contributed by atoms with van der Waals surface area (Å²) >= 11 is 0. The first-order valence-corrected chi connectivity index (χ1v) is 31.2. The summed E-state index contributed by atoms with van der Waals surface area (Å²) in [6.45, 7) is 4.93. The third-order valence-corrected chi connectivity index (χ3v) is 14.4. The summed E-state index contributed by atoms with van der Waals surface area (Å²) in [5.74, 6) is -0.0366. The number of hydrogen-bond donors (Lipinski definition) is 3. The molecule has 0 bridgehead atoms. The molecular formula is C64H121NO5. The number of carbonyl (C=O) groups excluding carboxylic acids is 2. The predicted octanol–water partition coefficient (Wildman–Crippen LogP) is 19.6. The van der Waals surface area contributed by atoms with Gasteiger partial charge in [0.1, 0.15) is 0 Å². The molecule has 0 fully saturated rings. The molecule has 0 aliphatic rings. The molecule has 6 heteroatoms. The molecule has 2 atom stereocenters. The standard InChI is InChI=1S/C64H121NO5/c1-3-5-7-9-11-13-15-17-33-36-40-44-48-52-56-62(67)61(60-66)65-63(68)57-53-49-45-41-37-34-31-29-27-25-23-21-19-18-20-22-24-26-28-30-32-35-39-43-47-51-55-59-70-64(69)58-54-50-46-42-38-16-14-12-10-8-6-4-2/h12,14,18-19,22,24,61-62,66-67H,3-11,13,15-17,20-21,23,25-60H2,1-2H3,(H,65,68)/b14-12-,19-18-,24-22-. The van der Waals surface area contributed by atoms with Gasteiger partial charge in [0.25, 0.3) is 0 Å². The minimum absolute atomic E-state index is 0.000443. The number of ether oxygens (including phenoxy) is 1. The molecule has 0 aliphatic carbocycles. The van der Waals surface area contributed by atoms with Crippen LogP contribution in [0.2, 0.25) is 0 Å². The number of aliphatic hydroxyl groups excluding tert-OH is 2. The number of hydrogen-bond acceptors (Lipinski definition) is 5. The molecule has 2 unspecified atom stereocenters. The van der Waals surface area contributed by atoms with Crippen LogP contribution in [0.25, 0.3) is 0 Å². The SMILES string of the molecule is CCCCC/C=C\CCCCCCCC(=O)OCCCCCCCCCCC/C=C\C/C=C\CCCCCCCCCCCCCC(=O)NC(CO)C(O)CCCCCCCCCCCCCCCC. The molecule has 0 aromatic carbocycles. The number of carbonyl (C=O) groups is 2. The molecule has 412 valence electrons. The van der Waals surface area contributed by atoms with Crippen LogP contribution >= 0.6 is 0 Å². The smallest absolute Gasteiger partial charge is 0.305 e. The molecule has 6 nitrogen and oxygen atoms in total. The van der Waals surface area contributed by atoms with Crippen molar-refractivity contribution in [1.29, 1.82) is 0 Å². The number of rotatable bonds is 58. The number of amides is 1. The van der Waals surface area contributed by atoms with Crippen molar-refractivity contribution >= 4 is 11.9 Å². The second-order valence-corrected chi connectivity index (χ2v) is 21.4. The molecule has 0 aromatic rings. The van der Waals surface area contributed by atoms with Gasteiger partial charge in [0.05, 0.1) is 25.4 Å². The lowest BCUT2D eigenvalue weighted by Crippen LogP contribution is -2.45. The minimum atomic E-state index is -0.666. The molecular weight excluding hydrogens is 863 g/mol. The quantitative estimate of drug-likeness (QED) is 0.0321. The van der Waals surface area contributed by atoms with E-state index in [9.17, 15) is 19.8 Å². The highest BCUT2D eigenvalue weighted by Crippen LogP contribution is 2.17. The van der Waals surface area contributed by atoms with Crippen LogP contribution in [0, 0.1) is 0 Å². The maximum atomic E-state index is 12.5. The molecule has 0 aliphatic heterocycles. The normalized spacial score (nSPS) is 12.8. The highest BCUT2D eigenvalue weighted by molar-refractivity contribution is 5.76. The number of unbranched alkanes of at least 4 members (excludes halogenated alkanes) is 41. The Labute approximate surface area is 436 Å². The molecule has 0 spiro atoms. The van der Waals surface area contributed by atoms with E-state index < -0.39 is 12.1 Å². The number of nitrogens with one attached hydrogen (secondary N) is 1. The van der Waals surface area contributed by atoms with Crippen LogP contribution < -0.4 is 5.32 Å². The monoisotopic (exact) mass is 984 g/mol. The fraction of sp³-hybridized carbons (Fsp3) is 0.875. The third-order valence-electron chi connectivity index (χ3n) is 14.4. The zero-order valence-electron chi connectivity index (χ0n) is 47.0. The Balaban J connectivity index is 3.42. The van der Waals surface area contributed by atoms with Gasteiger partial charge < -0.3 is 20.3 Å². The van der Waals surface area contributed by atoms with Gasteiger partial charge in [0.15, 0.2) is 0 Å². The number of aliphatic hydroxyl groups is 2. The van der Waals surface area contributed by atoms with Crippen LogP contribution in [0.3, 0.4) is 0 Å². The Morgan fingerprint density at radius 2 is 0.714 bits per heavy atom. The van der Waals surface area contributed by atoms with E-state index in [1.165, 1.54) is 250 Å². The van der Waals surface area contributed by atoms with Gasteiger partial charge in [-0.05, 0) is 83.5 Å². The van der Waals surface area contributed by atoms with Crippen LogP contribution in [0.15, 0.2) is 36.5 Å². The topological polar surface area (TPSA) is 95.9 Å². The summed E-state index contributed by atoms with van der Waals surface area (Å²) in [6.07, 6.45) is 74.4. The summed E-state index contributed by atoms with van der Waals surface area (Å²) in [6, 6.07) is -0.544. The van der Waals surface area contributed by atoms with E-state index in [0.29, 0.717) is 25.9 Å². The summed E-state index contributed by atoms with van der Waals surface area (Å²) in [5, 5.41) is 23.3. The molecule has 3 N–H and O–H groups in total. The van der Waals surface area contributed by atoms with Gasteiger partial charge in [-0.25, -0.2) is 0 Å². The van der Waals surface area contributed by atoms with Crippen LogP contribution in [0.4, 0.5) is 0 Å². The van der Waals surface area contributed by atoms with Crippen molar-refractivity contribution < 1.29 is 24.5 Å². The first kappa shape index (κ1) is 68.1. The fourth-order valence-electron chi connectivity index (χ4n) is 9.61. The predicted molar refractivity (Wildman–Crippen MR) is 306 cm³/mol. The second kappa shape index (κ2) is 59.6. The van der Waals surface area contributed by atoms with Gasteiger partial charge in [-0.2, -0.15) is 0 Å². The van der Waals surface area contributed by atoms with Crippen LogP contribution in [-0.4, -0.2) is 47.4 Å². The van der Waals surface area contributed by atoms with E-state index in [-0.39, 0.29) is 18.5 Å². The van der Waals surface area contributed by atoms with Crippen molar-refractivity contribution in [1.82, 2.24) is 5.32 Å². The summed E-state index contributed by atoms with van der Waals surface area (Å²) in [4.78, 5) is 24.5. The largest absolute Gasteiger partial charge is 0.466 e. The van der Waals surface area contributed by atoms with Crippen molar-refractivity contribution in [2.45, 2.75) is 347 Å². The Morgan fingerprint density at radius 3 is 1.13 bits per heavy atom. The van der Waals surface area contributed by atoms with Crippen LogP contribution in [-0.2, 0) is 14.3 Å². The molecule has 0 saturated carbocycles. The van der Waals surface area contributed by atoms with Crippen molar-refractivity contribution in [3.8, 4) is 0 Å². The zero-order valence-corrected chi connectivity index (χ0v) is 47.0. The molecule has 0 heterocycles. The molecule has 0 saturated heterocycles. The Hall–Kier alpha value is -1.92. The fourth-order valence-corrected chi connectivity index (χ4v) is 9.61. The molecule has 70 heavy (non-hydrogen) atoms. The number of allylic oxidation sites excluding steroid dienone is 6. The highest BCUT2D eigenvalue weighted by Gasteiger charge is 2.20. The van der Waals surface area contributed by atoms with E-state index in [2.05, 4.69) is 55.6 Å². The average Bonchev–Trinajstić information content (AvgIpc) is 3.36. The third kappa shape index (κ3) is 55.4. The lowest BCUT2D eigenvalue weighted by molar-refractivity contribution is -0.143. The zero-order chi connectivity index (χ0) is 50.7. The van der Waals surface area contributed by atoms with Crippen molar-refractivity contribution in [3.63, 3.8) is 0 Å². The van der Waals surface area contributed by atoms with Crippen molar-refractivity contribution in [2.75, 3.05) is 13.2 Å². The van der Waals surface area contributed by atoms with Crippen molar-refractivity contribution in [3.05, 3.63) is 36.5 Å². The van der Waals surface area contributed by atoms with Gasteiger partial charge in [-0.3, -0.25) is 9.59 Å². The first-order chi connectivity index (χ1) is 34.5. The van der Waals surface area contributed by atoms with E-state index in [0.717, 1.165) is 51.4 Å². The van der Waals surface area contributed by atoms with Gasteiger partial charge >= 0.3 is 5.97 Å². The Bertz CT molecular complexity index is 1130. The maximum Gasteiger partial charge on any atom is 0.305 e. The summed E-state index contributed by atoms with van der Waals surface area (Å²) in [7, 11) is 0. The van der Waals surface area contributed by atoms with Gasteiger partial charge in [-0.1, -0.05) is 275 Å². The van der Waals surface area contributed by atoms with E-state index in [1.807, 2.05) is 0 Å². The lowest BCUT2D eigenvalue weighted by Gasteiger charge is -2.22. The Morgan fingerprint density at radius 1 is 0.400 bits per heavy atom. The van der Waals surface area contributed by atoms with Gasteiger partial charge in [-0.15, -0.1) is 0 Å². The van der Waals surface area contributed by atoms with Crippen LogP contribution in [0.5, 0.6) is 0 Å². The van der Waals surface area contributed by atoms with Gasteiger partial charge in [0.2, 0.25) is 5.91 Å². The van der Waals surface area contributed by atoms with Gasteiger partial charge in [0, 0.05) is 12.8 Å². The average molecular weight is 985 g/mol. The molecule has 1 amide bonds. The molecule has 0 rings (SSSR count). The highest BCUT2D eigenvalue weighted by atomic mass is 16.5. The summed E-state index contributed by atoms with van der Waals surface area (Å²) < 4.78 is 5.46. The number of esters is 1. The Kier molecular flexibility index (Phi) is 58.0. The first-order valence-electron chi connectivity index (χ1n) is 31.2. The molecule has 0 radical (unpaired) electrons. The van der Waals surface area contributed by atoms with E-state index >= 15 is 0 Å². The lowest BCUT2D eigenvalue weighted by atomic mass is 10.0.